The summed E-state index contributed by atoms with van der Waals surface area (Å²) in [6.07, 6.45) is 6.22. The molecule has 3 rings (SSSR count). The molecule has 1 aliphatic heterocycles. The summed E-state index contributed by atoms with van der Waals surface area (Å²) in [5.41, 5.74) is 1.29. The lowest BCUT2D eigenvalue weighted by Gasteiger charge is -2.33. The fraction of sp³-hybridized carbons (Fsp3) is 0.500. The van der Waals surface area contributed by atoms with E-state index in [0.717, 1.165) is 5.69 Å². The Morgan fingerprint density at radius 3 is 2.60 bits per heavy atom. The first-order valence-corrected chi connectivity index (χ1v) is 7.34. The average molecular weight is 272 g/mol. The van der Waals surface area contributed by atoms with Crippen molar-refractivity contribution in [1.29, 1.82) is 0 Å². The van der Waals surface area contributed by atoms with Crippen molar-refractivity contribution in [2.45, 2.75) is 38.1 Å². The Labute approximate surface area is 119 Å². The predicted octanol–water partition coefficient (Wildman–Crippen LogP) is 2.44. The molecule has 106 valence electrons. The van der Waals surface area contributed by atoms with Crippen molar-refractivity contribution in [2.24, 2.45) is 0 Å². The Morgan fingerprint density at radius 1 is 1.15 bits per heavy atom. The molecule has 1 aromatic carbocycles. The summed E-state index contributed by atoms with van der Waals surface area (Å²) < 4.78 is 0. The number of para-hydroxylation sites is 1. The van der Waals surface area contributed by atoms with Crippen LogP contribution in [-0.4, -0.2) is 36.3 Å². The molecule has 1 heterocycles. The number of carbonyl (C=O) groups is 2. The number of ketones is 1. The molecule has 0 bridgehead atoms. The molecule has 1 aliphatic carbocycles. The van der Waals surface area contributed by atoms with Crippen LogP contribution in [0.5, 0.6) is 0 Å². The van der Waals surface area contributed by atoms with Crippen LogP contribution in [0.2, 0.25) is 0 Å². The van der Waals surface area contributed by atoms with Gasteiger partial charge in [0.05, 0.1) is 17.9 Å². The molecular formula is C16H20N2O2. The van der Waals surface area contributed by atoms with Gasteiger partial charge in [0.2, 0.25) is 0 Å². The summed E-state index contributed by atoms with van der Waals surface area (Å²) in [6, 6.07) is 7.79. The molecule has 0 atom stereocenters. The molecule has 0 radical (unpaired) electrons. The maximum absolute atomic E-state index is 12.1. The number of hydrogen-bond donors (Lipinski definition) is 0. The number of rotatable bonds is 3. The Kier molecular flexibility index (Phi) is 3.57. The van der Waals surface area contributed by atoms with Gasteiger partial charge in [0.25, 0.3) is 5.78 Å². The number of nitrogens with zero attached hydrogens (tertiary/aromatic N) is 2. The molecule has 1 fully saturated rings. The maximum Gasteiger partial charge on any atom is 0.300 e. The Hall–Kier alpha value is -1.68. The van der Waals surface area contributed by atoms with Crippen LogP contribution >= 0.6 is 0 Å². The lowest BCUT2D eigenvalue weighted by atomic mass is 9.95. The quantitative estimate of drug-likeness (QED) is 0.794. The van der Waals surface area contributed by atoms with Gasteiger partial charge in [-0.25, -0.2) is 0 Å². The highest BCUT2D eigenvalue weighted by atomic mass is 16.2. The molecule has 20 heavy (non-hydrogen) atoms. The number of benzene rings is 1. The van der Waals surface area contributed by atoms with Gasteiger partial charge in [0.15, 0.2) is 0 Å². The molecule has 0 N–H and O–H groups in total. The smallest absolute Gasteiger partial charge is 0.291 e. The summed E-state index contributed by atoms with van der Waals surface area (Å²) in [4.78, 5) is 27.9. The van der Waals surface area contributed by atoms with E-state index in [4.69, 9.17) is 0 Å². The number of anilines is 1. The fourth-order valence-corrected chi connectivity index (χ4v) is 3.25. The molecule has 0 saturated heterocycles. The Balaban J connectivity index is 1.77. The van der Waals surface area contributed by atoms with Gasteiger partial charge in [-0.15, -0.1) is 0 Å². The molecule has 4 nitrogen and oxygen atoms in total. The van der Waals surface area contributed by atoms with Crippen LogP contribution in [0.25, 0.3) is 0 Å². The summed E-state index contributed by atoms with van der Waals surface area (Å²) in [5.74, 6) is -0.772. The monoisotopic (exact) mass is 272 g/mol. The van der Waals surface area contributed by atoms with E-state index in [-0.39, 0.29) is 5.78 Å². The van der Waals surface area contributed by atoms with Crippen molar-refractivity contribution in [3.05, 3.63) is 29.8 Å². The Morgan fingerprint density at radius 2 is 1.85 bits per heavy atom. The highest BCUT2D eigenvalue weighted by molar-refractivity contribution is 6.52. The van der Waals surface area contributed by atoms with Crippen LogP contribution in [0.3, 0.4) is 0 Å². The van der Waals surface area contributed by atoms with E-state index in [0.29, 0.717) is 18.3 Å². The van der Waals surface area contributed by atoms with E-state index < -0.39 is 5.91 Å². The first-order chi connectivity index (χ1) is 9.68. The normalized spacial score (nSPS) is 19.8. The van der Waals surface area contributed by atoms with Gasteiger partial charge < -0.3 is 0 Å². The zero-order valence-electron chi connectivity index (χ0n) is 11.8. The highest BCUT2D eigenvalue weighted by Gasteiger charge is 2.36. The largest absolute Gasteiger partial charge is 0.300 e. The lowest BCUT2D eigenvalue weighted by molar-refractivity contribution is -0.114. The molecule has 4 heteroatoms. The third kappa shape index (κ3) is 2.24. The van der Waals surface area contributed by atoms with Gasteiger partial charge in [0.1, 0.15) is 0 Å². The summed E-state index contributed by atoms with van der Waals surface area (Å²) >= 11 is 0. The molecule has 0 unspecified atom stereocenters. The second-order valence-corrected chi connectivity index (χ2v) is 5.77. The SMILES string of the molecule is CN(CN1C(=O)C(=O)c2ccccc21)C1CCCCC1. The summed E-state index contributed by atoms with van der Waals surface area (Å²) in [5, 5.41) is 0. The number of carbonyl (C=O) groups excluding carboxylic acids is 2. The highest BCUT2D eigenvalue weighted by Crippen LogP contribution is 2.29. The lowest BCUT2D eigenvalue weighted by Crippen LogP contribution is -2.44. The van der Waals surface area contributed by atoms with E-state index in [2.05, 4.69) is 11.9 Å². The summed E-state index contributed by atoms with van der Waals surface area (Å²) in [6.45, 7) is 0.506. The van der Waals surface area contributed by atoms with Crippen molar-refractivity contribution in [2.75, 3.05) is 18.6 Å². The van der Waals surface area contributed by atoms with Crippen molar-refractivity contribution in [3.8, 4) is 0 Å². The minimum atomic E-state index is -0.395. The van der Waals surface area contributed by atoms with Gasteiger partial charge >= 0.3 is 5.91 Å². The molecule has 0 spiro atoms. The molecule has 1 amide bonds. The van der Waals surface area contributed by atoms with Crippen molar-refractivity contribution in [3.63, 3.8) is 0 Å². The zero-order valence-corrected chi connectivity index (χ0v) is 11.8. The second-order valence-electron chi connectivity index (χ2n) is 5.77. The molecule has 1 aromatic rings. The standard InChI is InChI=1S/C16H20N2O2/c1-17(12-7-3-2-4-8-12)11-18-14-10-6-5-9-13(14)15(19)16(18)20/h5-6,9-10,12H,2-4,7-8,11H2,1H3. The number of Topliss-reactive ketones (excluding diaryl/α,β-unsaturated/α-hetero) is 1. The van der Waals surface area contributed by atoms with Crippen LogP contribution in [0.1, 0.15) is 42.5 Å². The van der Waals surface area contributed by atoms with Crippen LogP contribution < -0.4 is 4.90 Å². The average Bonchev–Trinajstić information content (AvgIpc) is 2.74. The van der Waals surface area contributed by atoms with Crippen LogP contribution in [-0.2, 0) is 4.79 Å². The number of amides is 1. The van der Waals surface area contributed by atoms with E-state index >= 15 is 0 Å². The van der Waals surface area contributed by atoms with Crippen LogP contribution in [0, 0.1) is 0 Å². The first-order valence-electron chi connectivity index (χ1n) is 7.34. The van der Waals surface area contributed by atoms with Crippen molar-refractivity contribution in [1.82, 2.24) is 4.90 Å². The van der Waals surface area contributed by atoms with Gasteiger partial charge in [-0.2, -0.15) is 0 Å². The minimum Gasteiger partial charge on any atom is -0.291 e. The third-order valence-electron chi connectivity index (χ3n) is 4.44. The fourth-order valence-electron chi connectivity index (χ4n) is 3.25. The van der Waals surface area contributed by atoms with Gasteiger partial charge in [-0.05, 0) is 32.0 Å². The maximum atomic E-state index is 12.1. The predicted molar refractivity (Wildman–Crippen MR) is 77.8 cm³/mol. The zero-order chi connectivity index (χ0) is 14.1. The molecule has 2 aliphatic rings. The first kappa shape index (κ1) is 13.3. The molecule has 0 aromatic heterocycles. The number of fused-ring (bicyclic) bond motifs is 1. The molecule has 1 saturated carbocycles. The van der Waals surface area contributed by atoms with E-state index in [9.17, 15) is 9.59 Å². The van der Waals surface area contributed by atoms with Crippen LogP contribution in [0.4, 0.5) is 5.69 Å². The second kappa shape index (κ2) is 5.37. The minimum absolute atomic E-state index is 0.377. The Bertz CT molecular complexity index is 535. The topological polar surface area (TPSA) is 40.6 Å². The summed E-state index contributed by atoms with van der Waals surface area (Å²) in [7, 11) is 2.05. The van der Waals surface area contributed by atoms with Crippen LogP contribution in [0.15, 0.2) is 24.3 Å². The van der Waals surface area contributed by atoms with Crippen molar-refractivity contribution >= 4 is 17.4 Å². The van der Waals surface area contributed by atoms with Gasteiger partial charge in [-0.1, -0.05) is 31.4 Å². The van der Waals surface area contributed by atoms with Crippen molar-refractivity contribution < 1.29 is 9.59 Å². The van der Waals surface area contributed by atoms with Gasteiger partial charge in [0, 0.05) is 6.04 Å². The number of hydrogen-bond acceptors (Lipinski definition) is 3. The third-order valence-corrected chi connectivity index (χ3v) is 4.44. The van der Waals surface area contributed by atoms with E-state index in [1.807, 2.05) is 12.1 Å². The van der Waals surface area contributed by atoms with Gasteiger partial charge in [-0.3, -0.25) is 19.4 Å². The van der Waals surface area contributed by atoms with E-state index in [1.165, 1.54) is 32.1 Å². The molecular weight excluding hydrogens is 252 g/mol. The van der Waals surface area contributed by atoms with E-state index in [1.54, 1.807) is 17.0 Å².